The van der Waals surface area contributed by atoms with Gasteiger partial charge in [0.15, 0.2) is 0 Å². The molecule has 1 fully saturated rings. The molecule has 0 atom stereocenters. The summed E-state index contributed by atoms with van der Waals surface area (Å²) in [5.41, 5.74) is 1.40. The number of para-hydroxylation sites is 2. The van der Waals surface area contributed by atoms with Crippen LogP contribution in [0.25, 0.3) is 0 Å². The van der Waals surface area contributed by atoms with E-state index in [4.69, 9.17) is 9.47 Å². The van der Waals surface area contributed by atoms with Crippen molar-refractivity contribution in [3.63, 3.8) is 0 Å². The van der Waals surface area contributed by atoms with E-state index in [2.05, 4.69) is 15.0 Å². The number of anilines is 3. The number of methoxy groups -OCH3 is 1. The molecule has 0 radical (unpaired) electrons. The first-order valence-corrected chi connectivity index (χ1v) is 11.8. The number of nitrogens with zero attached hydrogens (tertiary/aromatic N) is 2. The van der Waals surface area contributed by atoms with E-state index in [9.17, 15) is 13.2 Å². The first-order valence-electron chi connectivity index (χ1n) is 10.3. The van der Waals surface area contributed by atoms with E-state index in [1.807, 2.05) is 4.90 Å². The number of carbonyl (C=O) groups is 1. The number of carbonyl (C=O) groups excluding carboxylic acids is 1. The van der Waals surface area contributed by atoms with Crippen molar-refractivity contribution in [2.24, 2.45) is 0 Å². The maximum atomic E-state index is 13.5. The molecule has 0 bridgehead atoms. The predicted octanol–water partition coefficient (Wildman–Crippen LogP) is 2.98. The lowest BCUT2D eigenvalue weighted by Gasteiger charge is -2.30. The molecule has 2 N–H and O–H groups in total. The Labute approximate surface area is 192 Å². The van der Waals surface area contributed by atoms with Gasteiger partial charge in [0.1, 0.15) is 16.3 Å². The van der Waals surface area contributed by atoms with Crippen molar-refractivity contribution in [2.75, 3.05) is 48.4 Å². The van der Waals surface area contributed by atoms with Crippen LogP contribution in [0.15, 0.2) is 71.8 Å². The summed E-state index contributed by atoms with van der Waals surface area (Å²) in [5.74, 6) is -0.0376. The molecule has 10 heteroatoms. The van der Waals surface area contributed by atoms with E-state index >= 15 is 0 Å². The molecule has 0 aliphatic carbocycles. The first-order chi connectivity index (χ1) is 16.0. The SMILES string of the molecule is COc1ccccc1NS(=O)(=O)c1cc(NC(=O)c2ccccn2)ccc1N1CCOCC1. The Hall–Kier alpha value is -3.63. The number of pyridine rings is 1. The zero-order valence-corrected chi connectivity index (χ0v) is 18.8. The van der Waals surface area contributed by atoms with Crippen LogP contribution in [0.4, 0.5) is 17.1 Å². The van der Waals surface area contributed by atoms with Gasteiger partial charge in [-0.1, -0.05) is 18.2 Å². The molecule has 33 heavy (non-hydrogen) atoms. The predicted molar refractivity (Wildman–Crippen MR) is 125 cm³/mol. The lowest BCUT2D eigenvalue weighted by Crippen LogP contribution is -2.37. The molecule has 9 nitrogen and oxygen atoms in total. The smallest absolute Gasteiger partial charge is 0.274 e. The van der Waals surface area contributed by atoms with Crippen molar-refractivity contribution in [2.45, 2.75) is 4.90 Å². The zero-order chi connectivity index (χ0) is 23.3. The molecule has 1 aliphatic rings. The molecule has 0 unspecified atom stereocenters. The highest BCUT2D eigenvalue weighted by molar-refractivity contribution is 7.93. The van der Waals surface area contributed by atoms with Crippen molar-refractivity contribution in [1.82, 2.24) is 4.98 Å². The lowest BCUT2D eigenvalue weighted by molar-refractivity contribution is 0.102. The summed E-state index contributed by atoms with van der Waals surface area (Å²) >= 11 is 0. The van der Waals surface area contributed by atoms with E-state index < -0.39 is 15.9 Å². The van der Waals surface area contributed by atoms with Crippen LogP contribution in [0, 0.1) is 0 Å². The number of nitrogens with one attached hydrogen (secondary N) is 2. The number of aromatic nitrogens is 1. The number of amides is 1. The van der Waals surface area contributed by atoms with Crippen molar-refractivity contribution in [1.29, 1.82) is 0 Å². The Morgan fingerprint density at radius 3 is 2.55 bits per heavy atom. The zero-order valence-electron chi connectivity index (χ0n) is 18.0. The van der Waals surface area contributed by atoms with Gasteiger partial charge in [-0.15, -0.1) is 0 Å². The molecule has 0 saturated carbocycles. The Balaban J connectivity index is 1.71. The second-order valence-electron chi connectivity index (χ2n) is 7.26. The third-order valence-electron chi connectivity index (χ3n) is 5.11. The quantitative estimate of drug-likeness (QED) is 0.549. The number of ether oxygens (including phenoxy) is 2. The molecule has 1 amide bonds. The van der Waals surface area contributed by atoms with Crippen LogP contribution in [-0.4, -0.2) is 52.7 Å². The summed E-state index contributed by atoms with van der Waals surface area (Å²) in [6.45, 7) is 2.10. The molecule has 2 aromatic carbocycles. The minimum atomic E-state index is -4.03. The second-order valence-corrected chi connectivity index (χ2v) is 8.91. The van der Waals surface area contributed by atoms with Gasteiger partial charge in [-0.05, 0) is 42.5 Å². The summed E-state index contributed by atoms with van der Waals surface area (Å²) in [4.78, 5) is 18.6. The molecular weight excluding hydrogens is 444 g/mol. The first kappa shape index (κ1) is 22.6. The summed E-state index contributed by atoms with van der Waals surface area (Å²) < 4.78 is 40.3. The van der Waals surface area contributed by atoms with E-state index in [0.29, 0.717) is 49.1 Å². The van der Waals surface area contributed by atoms with Gasteiger partial charge in [-0.2, -0.15) is 0 Å². The Morgan fingerprint density at radius 2 is 1.82 bits per heavy atom. The number of rotatable bonds is 7. The summed E-state index contributed by atoms with van der Waals surface area (Å²) in [6, 6.07) is 16.6. The number of hydrogen-bond donors (Lipinski definition) is 2. The van der Waals surface area contributed by atoms with E-state index in [0.717, 1.165) is 0 Å². The average Bonchev–Trinajstić information content (AvgIpc) is 2.85. The third kappa shape index (κ3) is 5.24. The van der Waals surface area contributed by atoms with Crippen LogP contribution in [0.3, 0.4) is 0 Å². The molecule has 2 heterocycles. The molecule has 1 saturated heterocycles. The molecule has 172 valence electrons. The highest BCUT2D eigenvalue weighted by Crippen LogP contribution is 2.33. The molecule has 1 aromatic heterocycles. The van der Waals surface area contributed by atoms with Gasteiger partial charge in [0.25, 0.3) is 15.9 Å². The van der Waals surface area contributed by atoms with Gasteiger partial charge in [0.05, 0.1) is 31.7 Å². The van der Waals surface area contributed by atoms with E-state index in [1.165, 1.54) is 19.4 Å². The van der Waals surface area contributed by atoms with Gasteiger partial charge in [-0.3, -0.25) is 14.5 Å². The standard InChI is InChI=1S/C23H24N4O5S/c1-31-21-8-3-2-6-18(21)26-33(29,30)22-16-17(25-23(28)19-7-4-5-11-24-19)9-10-20(22)27-12-14-32-15-13-27/h2-11,16,26H,12-15H2,1H3,(H,25,28). The summed E-state index contributed by atoms with van der Waals surface area (Å²) in [5, 5.41) is 2.73. The van der Waals surface area contributed by atoms with Crippen molar-refractivity contribution in [3.05, 3.63) is 72.6 Å². The van der Waals surface area contributed by atoms with Gasteiger partial charge < -0.3 is 19.7 Å². The second kappa shape index (κ2) is 9.88. The minimum Gasteiger partial charge on any atom is -0.495 e. The Bertz CT molecular complexity index is 1230. The van der Waals surface area contributed by atoms with Crippen LogP contribution < -0.4 is 19.7 Å². The maximum absolute atomic E-state index is 13.5. The van der Waals surface area contributed by atoms with Crippen molar-refractivity contribution >= 4 is 33.0 Å². The highest BCUT2D eigenvalue weighted by Gasteiger charge is 2.25. The molecular formula is C23H24N4O5S. The van der Waals surface area contributed by atoms with Crippen molar-refractivity contribution in [3.8, 4) is 5.75 Å². The number of benzene rings is 2. The number of morpholine rings is 1. The van der Waals surface area contributed by atoms with Crippen LogP contribution in [0.1, 0.15) is 10.5 Å². The summed E-state index contributed by atoms with van der Waals surface area (Å²) in [7, 11) is -2.56. The minimum absolute atomic E-state index is 0.0362. The fourth-order valence-electron chi connectivity index (χ4n) is 3.49. The van der Waals surface area contributed by atoms with Gasteiger partial charge >= 0.3 is 0 Å². The van der Waals surface area contributed by atoms with Crippen LogP contribution in [0.2, 0.25) is 0 Å². The fraction of sp³-hybridized carbons (Fsp3) is 0.217. The molecule has 0 spiro atoms. The topological polar surface area (TPSA) is 110 Å². The van der Waals surface area contributed by atoms with Gasteiger partial charge in [0, 0.05) is 25.0 Å². The average molecular weight is 469 g/mol. The monoisotopic (exact) mass is 468 g/mol. The largest absolute Gasteiger partial charge is 0.495 e. The fourth-order valence-corrected chi connectivity index (χ4v) is 4.82. The normalized spacial score (nSPS) is 13.9. The number of hydrogen-bond acceptors (Lipinski definition) is 7. The van der Waals surface area contributed by atoms with E-state index in [1.54, 1.807) is 54.6 Å². The summed E-state index contributed by atoms with van der Waals surface area (Å²) in [6.07, 6.45) is 1.52. The Kier molecular flexibility index (Phi) is 6.76. The van der Waals surface area contributed by atoms with Crippen LogP contribution in [0.5, 0.6) is 5.75 Å². The highest BCUT2D eigenvalue weighted by atomic mass is 32.2. The third-order valence-corrected chi connectivity index (χ3v) is 6.50. The Morgan fingerprint density at radius 1 is 1.06 bits per heavy atom. The molecule has 3 aromatic rings. The molecule has 4 rings (SSSR count). The van der Waals surface area contributed by atoms with Crippen LogP contribution in [-0.2, 0) is 14.8 Å². The molecule has 1 aliphatic heterocycles. The van der Waals surface area contributed by atoms with Gasteiger partial charge in [0.2, 0.25) is 0 Å². The van der Waals surface area contributed by atoms with Crippen molar-refractivity contribution < 1.29 is 22.7 Å². The maximum Gasteiger partial charge on any atom is 0.274 e. The van der Waals surface area contributed by atoms with Gasteiger partial charge in [-0.25, -0.2) is 8.42 Å². The van der Waals surface area contributed by atoms with E-state index in [-0.39, 0.29) is 10.6 Å². The van der Waals surface area contributed by atoms with Crippen LogP contribution >= 0.6 is 0 Å². The number of sulfonamides is 1. The lowest BCUT2D eigenvalue weighted by atomic mass is 10.2.